The summed E-state index contributed by atoms with van der Waals surface area (Å²) in [5.41, 5.74) is 2.24. The van der Waals surface area contributed by atoms with Crippen LogP contribution in [0.2, 0.25) is 0 Å². The molecule has 2 aromatic rings. The minimum absolute atomic E-state index is 0.0297. The van der Waals surface area contributed by atoms with Crippen LogP contribution in [-0.2, 0) is 11.8 Å². The van der Waals surface area contributed by atoms with Crippen LogP contribution in [0.3, 0.4) is 0 Å². The van der Waals surface area contributed by atoms with Gasteiger partial charge in [-0.25, -0.2) is 4.79 Å². The molecule has 0 spiro atoms. The fourth-order valence-corrected chi connectivity index (χ4v) is 2.24. The Bertz CT molecular complexity index is 637. The lowest BCUT2D eigenvalue weighted by Gasteiger charge is -2.24. The van der Waals surface area contributed by atoms with Gasteiger partial charge < -0.3 is 14.8 Å². The van der Waals surface area contributed by atoms with Crippen molar-refractivity contribution in [3.63, 3.8) is 0 Å². The fraction of sp³-hybridized carbons (Fsp3) is 0.438. The van der Waals surface area contributed by atoms with Crippen molar-refractivity contribution in [1.29, 1.82) is 0 Å². The number of aromatic nitrogens is 1. The topological polar surface area (TPSA) is 78.3 Å². The van der Waals surface area contributed by atoms with E-state index in [0.29, 0.717) is 18.7 Å². The highest BCUT2D eigenvalue weighted by atomic mass is 16.4. The van der Waals surface area contributed by atoms with E-state index in [1.807, 2.05) is 18.2 Å². The van der Waals surface area contributed by atoms with Crippen molar-refractivity contribution in [1.82, 2.24) is 4.98 Å². The fourth-order valence-electron chi connectivity index (χ4n) is 2.24. The number of aliphatic hydroxyl groups is 1. The molecule has 114 valence electrons. The van der Waals surface area contributed by atoms with Crippen molar-refractivity contribution >= 4 is 5.69 Å². The Kier molecular flexibility index (Phi) is 4.53. The average molecular weight is 290 g/mol. The molecular formula is C16H22N2O3. The van der Waals surface area contributed by atoms with Gasteiger partial charge in [0.05, 0.1) is 6.10 Å². The van der Waals surface area contributed by atoms with Gasteiger partial charge in [-0.05, 0) is 17.0 Å². The Morgan fingerprint density at radius 2 is 2.05 bits per heavy atom. The van der Waals surface area contributed by atoms with E-state index >= 15 is 0 Å². The lowest BCUT2D eigenvalue weighted by Crippen LogP contribution is -2.23. The molecule has 1 aromatic carbocycles. The first-order valence-corrected chi connectivity index (χ1v) is 7.05. The summed E-state index contributed by atoms with van der Waals surface area (Å²) >= 11 is 0. The first kappa shape index (κ1) is 15.4. The molecule has 0 aliphatic carbocycles. The number of H-pyrrole nitrogens is 1. The van der Waals surface area contributed by atoms with Crippen molar-refractivity contribution in [3.8, 4) is 0 Å². The molecule has 5 heteroatoms. The number of aromatic amines is 1. The molecule has 1 aromatic heterocycles. The van der Waals surface area contributed by atoms with Gasteiger partial charge in [-0.3, -0.25) is 4.98 Å². The summed E-state index contributed by atoms with van der Waals surface area (Å²) in [4.78, 5) is 13.3. The van der Waals surface area contributed by atoms with Crippen molar-refractivity contribution < 1.29 is 9.52 Å². The number of para-hydroxylation sites is 1. The summed E-state index contributed by atoms with van der Waals surface area (Å²) in [5.74, 6) is -0.0401. The Morgan fingerprint density at radius 1 is 1.33 bits per heavy atom. The maximum atomic E-state index is 10.9. The predicted octanol–water partition coefficient (Wildman–Crippen LogP) is 2.28. The van der Waals surface area contributed by atoms with E-state index in [9.17, 15) is 9.90 Å². The lowest BCUT2D eigenvalue weighted by atomic mass is 9.86. The second-order valence-electron chi connectivity index (χ2n) is 6.18. The van der Waals surface area contributed by atoms with Crippen LogP contribution >= 0.6 is 0 Å². The van der Waals surface area contributed by atoms with E-state index in [-0.39, 0.29) is 5.41 Å². The SMILES string of the molecule is CC(C)(C)c1ccccc1NCC(O)Cc1c[nH]c(=O)o1. The van der Waals surface area contributed by atoms with Gasteiger partial charge in [0.25, 0.3) is 0 Å². The largest absolute Gasteiger partial charge is 0.416 e. The zero-order valence-electron chi connectivity index (χ0n) is 12.6. The molecule has 0 aliphatic rings. The van der Waals surface area contributed by atoms with Crippen LogP contribution in [0.1, 0.15) is 32.1 Å². The summed E-state index contributed by atoms with van der Waals surface area (Å²) < 4.78 is 4.89. The molecular weight excluding hydrogens is 268 g/mol. The summed E-state index contributed by atoms with van der Waals surface area (Å²) in [6.45, 7) is 6.84. The lowest BCUT2D eigenvalue weighted by molar-refractivity contribution is 0.179. The molecule has 1 atom stereocenters. The Balaban J connectivity index is 1.98. The number of rotatable bonds is 5. The number of benzene rings is 1. The van der Waals surface area contributed by atoms with Crippen LogP contribution in [0.25, 0.3) is 0 Å². The summed E-state index contributed by atoms with van der Waals surface area (Å²) in [6.07, 6.45) is 1.15. The molecule has 21 heavy (non-hydrogen) atoms. The molecule has 1 unspecified atom stereocenters. The molecule has 3 N–H and O–H groups in total. The quantitative estimate of drug-likeness (QED) is 0.789. The third kappa shape index (κ3) is 4.23. The monoisotopic (exact) mass is 290 g/mol. The maximum Gasteiger partial charge on any atom is 0.416 e. The summed E-state index contributed by atoms with van der Waals surface area (Å²) in [5, 5.41) is 13.3. The van der Waals surface area contributed by atoms with Crippen LogP contribution in [0.4, 0.5) is 5.69 Å². The molecule has 0 saturated carbocycles. The molecule has 0 saturated heterocycles. The molecule has 0 bridgehead atoms. The third-order valence-corrected chi connectivity index (χ3v) is 3.27. The van der Waals surface area contributed by atoms with Gasteiger partial charge in [-0.15, -0.1) is 0 Å². The molecule has 1 heterocycles. The van der Waals surface area contributed by atoms with E-state index in [1.165, 1.54) is 11.8 Å². The Morgan fingerprint density at radius 3 is 2.67 bits per heavy atom. The van der Waals surface area contributed by atoms with Crippen LogP contribution < -0.4 is 11.1 Å². The van der Waals surface area contributed by atoms with Gasteiger partial charge in [0, 0.05) is 24.8 Å². The van der Waals surface area contributed by atoms with Gasteiger partial charge in [-0.2, -0.15) is 0 Å². The highest BCUT2D eigenvalue weighted by Gasteiger charge is 2.18. The molecule has 0 aliphatic heterocycles. The zero-order valence-corrected chi connectivity index (χ0v) is 12.6. The van der Waals surface area contributed by atoms with Crippen molar-refractivity contribution in [2.45, 2.75) is 38.7 Å². The van der Waals surface area contributed by atoms with Gasteiger partial charge in [-0.1, -0.05) is 39.0 Å². The van der Waals surface area contributed by atoms with Gasteiger partial charge in [0.15, 0.2) is 0 Å². The first-order valence-electron chi connectivity index (χ1n) is 7.05. The number of nitrogens with one attached hydrogen (secondary N) is 2. The van der Waals surface area contributed by atoms with Gasteiger partial charge in [0.1, 0.15) is 5.76 Å². The molecule has 0 fully saturated rings. The Labute approximate surface area is 124 Å². The molecule has 2 rings (SSSR count). The second kappa shape index (κ2) is 6.18. The van der Waals surface area contributed by atoms with E-state index in [1.54, 1.807) is 0 Å². The van der Waals surface area contributed by atoms with Crippen molar-refractivity contribution in [2.24, 2.45) is 0 Å². The highest BCUT2D eigenvalue weighted by Crippen LogP contribution is 2.29. The number of hydrogen-bond donors (Lipinski definition) is 3. The average Bonchev–Trinajstić information content (AvgIpc) is 2.81. The molecule has 0 amide bonds. The third-order valence-electron chi connectivity index (χ3n) is 3.27. The van der Waals surface area contributed by atoms with Crippen molar-refractivity contribution in [2.75, 3.05) is 11.9 Å². The number of hydrogen-bond acceptors (Lipinski definition) is 4. The minimum Gasteiger partial charge on any atom is -0.413 e. The Hall–Kier alpha value is -2.01. The highest BCUT2D eigenvalue weighted by molar-refractivity contribution is 5.54. The second-order valence-corrected chi connectivity index (χ2v) is 6.18. The van der Waals surface area contributed by atoms with E-state index in [0.717, 1.165) is 5.69 Å². The normalized spacial score (nSPS) is 13.1. The molecule has 0 radical (unpaired) electrons. The van der Waals surface area contributed by atoms with Crippen LogP contribution in [0, 0.1) is 0 Å². The summed E-state index contributed by atoms with van der Waals surface area (Å²) in [7, 11) is 0. The first-order chi connectivity index (χ1) is 9.86. The minimum atomic E-state index is -0.628. The van der Waals surface area contributed by atoms with Crippen LogP contribution in [-0.4, -0.2) is 22.7 Å². The van der Waals surface area contributed by atoms with E-state index < -0.39 is 11.9 Å². The number of aliphatic hydroxyl groups excluding tert-OH is 1. The van der Waals surface area contributed by atoms with Crippen molar-refractivity contribution in [3.05, 3.63) is 52.3 Å². The summed E-state index contributed by atoms with van der Waals surface area (Å²) in [6, 6.07) is 8.06. The molecule has 5 nitrogen and oxygen atoms in total. The van der Waals surface area contributed by atoms with E-state index in [4.69, 9.17) is 4.42 Å². The van der Waals surface area contributed by atoms with Crippen LogP contribution in [0.5, 0.6) is 0 Å². The predicted molar refractivity (Wildman–Crippen MR) is 82.7 cm³/mol. The van der Waals surface area contributed by atoms with E-state index in [2.05, 4.69) is 37.1 Å². The standard InChI is InChI=1S/C16H22N2O3/c1-16(2,3)13-6-4-5-7-14(13)17-9-11(19)8-12-10-18-15(20)21-12/h4-7,10-11,17,19H,8-9H2,1-3H3,(H,18,20). The van der Waals surface area contributed by atoms with Crippen LogP contribution in [0.15, 0.2) is 39.7 Å². The number of anilines is 1. The number of oxazole rings is 1. The smallest absolute Gasteiger partial charge is 0.413 e. The maximum absolute atomic E-state index is 10.9. The van der Waals surface area contributed by atoms with Gasteiger partial charge >= 0.3 is 5.76 Å². The van der Waals surface area contributed by atoms with Gasteiger partial charge in [0.2, 0.25) is 0 Å². The zero-order chi connectivity index (χ0) is 15.5.